The number of ether oxygens (including phenoxy) is 1. The Kier molecular flexibility index (Phi) is 7.96. The fourth-order valence-corrected chi connectivity index (χ4v) is 4.79. The molecule has 1 saturated heterocycles. The van der Waals surface area contributed by atoms with Gasteiger partial charge in [0.25, 0.3) is 0 Å². The third-order valence-electron chi connectivity index (χ3n) is 6.82. The van der Waals surface area contributed by atoms with Crippen molar-refractivity contribution in [3.63, 3.8) is 0 Å². The quantitative estimate of drug-likeness (QED) is 0.332. The zero-order valence-electron chi connectivity index (χ0n) is 19.8. The number of hydrogen-bond donors (Lipinski definition) is 1. The second-order valence-electron chi connectivity index (χ2n) is 9.20. The second-order valence-corrected chi connectivity index (χ2v) is 9.20. The Morgan fingerprint density at radius 3 is 2.09 bits per heavy atom. The lowest BCUT2D eigenvalue weighted by Crippen LogP contribution is -2.87. The van der Waals surface area contributed by atoms with Crippen molar-refractivity contribution < 1.29 is 14.8 Å². The van der Waals surface area contributed by atoms with Crippen molar-refractivity contribution in [2.75, 3.05) is 13.1 Å². The Hall–Kier alpha value is -2.91. The first-order chi connectivity index (χ1) is 16.2. The molecule has 4 rings (SSSR count). The largest absolute Gasteiger partial charge is 0.450 e. The molecule has 3 aromatic carbocycles. The van der Waals surface area contributed by atoms with Gasteiger partial charge in [0.2, 0.25) is 0 Å². The average molecular weight is 443 g/mol. The standard InChI is InChI=1S/C30H35NO2/c1-2-3-4-6-9-24-12-14-25(15-13-24)26-16-18-27(19-17-26)29(32)33-30(20-22-31-23-21-30)28-10-7-5-8-11-28/h5,7-8,10-19,31H,2-4,6,9,20-23H2,1H3/p+1. The van der Waals surface area contributed by atoms with Crippen LogP contribution in [-0.2, 0) is 16.8 Å². The highest BCUT2D eigenvalue weighted by Crippen LogP contribution is 2.34. The normalized spacial score (nSPS) is 15.2. The summed E-state index contributed by atoms with van der Waals surface area (Å²) in [4.78, 5) is 13.1. The maximum Gasteiger partial charge on any atom is 0.339 e. The van der Waals surface area contributed by atoms with E-state index in [1.165, 1.54) is 36.8 Å². The molecule has 1 fully saturated rings. The lowest BCUT2D eigenvalue weighted by molar-refractivity contribution is -0.668. The highest BCUT2D eigenvalue weighted by molar-refractivity contribution is 5.90. The summed E-state index contributed by atoms with van der Waals surface area (Å²) < 4.78 is 6.21. The van der Waals surface area contributed by atoms with Crippen LogP contribution in [0.15, 0.2) is 78.9 Å². The Morgan fingerprint density at radius 2 is 1.45 bits per heavy atom. The maximum atomic E-state index is 13.1. The number of piperidine rings is 1. The van der Waals surface area contributed by atoms with Gasteiger partial charge in [-0.1, -0.05) is 92.9 Å². The summed E-state index contributed by atoms with van der Waals surface area (Å²) in [5, 5.41) is 2.29. The third kappa shape index (κ3) is 5.91. The van der Waals surface area contributed by atoms with E-state index in [9.17, 15) is 4.79 Å². The zero-order chi connectivity index (χ0) is 22.9. The molecule has 1 heterocycles. The number of quaternary nitrogens is 1. The summed E-state index contributed by atoms with van der Waals surface area (Å²) in [5.74, 6) is -0.241. The Bertz CT molecular complexity index is 1000. The van der Waals surface area contributed by atoms with Crippen molar-refractivity contribution in [2.24, 2.45) is 0 Å². The number of carbonyl (C=O) groups is 1. The second kappa shape index (κ2) is 11.3. The molecule has 1 aliphatic rings. The Labute approximate surface area is 198 Å². The van der Waals surface area contributed by atoms with Crippen LogP contribution in [0.1, 0.15) is 66.9 Å². The molecule has 33 heavy (non-hydrogen) atoms. The van der Waals surface area contributed by atoms with Gasteiger partial charge in [-0.2, -0.15) is 0 Å². The fraction of sp³-hybridized carbons (Fsp3) is 0.367. The first kappa shape index (κ1) is 23.3. The van der Waals surface area contributed by atoms with Gasteiger partial charge in [-0.05, 0) is 47.2 Å². The summed E-state index contributed by atoms with van der Waals surface area (Å²) in [6.07, 6.45) is 7.97. The summed E-state index contributed by atoms with van der Waals surface area (Å²) >= 11 is 0. The van der Waals surface area contributed by atoms with E-state index >= 15 is 0 Å². The lowest BCUT2D eigenvalue weighted by Gasteiger charge is -2.36. The molecule has 0 spiro atoms. The number of benzene rings is 3. The van der Waals surface area contributed by atoms with Crippen LogP contribution in [0.4, 0.5) is 0 Å². The van der Waals surface area contributed by atoms with Crippen LogP contribution < -0.4 is 5.32 Å². The van der Waals surface area contributed by atoms with Crippen molar-refractivity contribution in [1.29, 1.82) is 0 Å². The van der Waals surface area contributed by atoms with E-state index in [1.807, 2.05) is 42.5 Å². The molecule has 0 amide bonds. The minimum absolute atomic E-state index is 0.241. The maximum absolute atomic E-state index is 13.1. The van der Waals surface area contributed by atoms with Crippen molar-refractivity contribution in [3.8, 4) is 11.1 Å². The third-order valence-corrected chi connectivity index (χ3v) is 6.82. The van der Waals surface area contributed by atoms with E-state index in [4.69, 9.17) is 4.74 Å². The first-order valence-corrected chi connectivity index (χ1v) is 12.5. The number of nitrogens with two attached hydrogens (primary N) is 1. The van der Waals surface area contributed by atoms with Crippen LogP contribution in [0.25, 0.3) is 11.1 Å². The molecule has 0 aliphatic carbocycles. The summed E-state index contributed by atoms with van der Waals surface area (Å²) in [6.45, 7) is 4.18. The van der Waals surface area contributed by atoms with Gasteiger partial charge in [0, 0.05) is 12.8 Å². The van der Waals surface area contributed by atoms with Crippen LogP contribution >= 0.6 is 0 Å². The molecule has 3 aromatic rings. The zero-order valence-corrected chi connectivity index (χ0v) is 19.8. The highest BCUT2D eigenvalue weighted by atomic mass is 16.6. The predicted molar refractivity (Wildman–Crippen MR) is 134 cm³/mol. The first-order valence-electron chi connectivity index (χ1n) is 12.5. The van der Waals surface area contributed by atoms with E-state index in [-0.39, 0.29) is 5.97 Å². The highest BCUT2D eigenvalue weighted by Gasteiger charge is 2.39. The van der Waals surface area contributed by atoms with E-state index in [0.717, 1.165) is 43.5 Å². The molecule has 2 N–H and O–H groups in total. The minimum atomic E-state index is -0.529. The number of unbranched alkanes of at least 4 members (excludes halogenated alkanes) is 3. The Balaban J connectivity index is 1.42. The van der Waals surface area contributed by atoms with E-state index in [1.54, 1.807) is 0 Å². The SMILES string of the molecule is CCCCCCc1ccc(-c2ccc(C(=O)OC3(c4ccccc4)CC[NH2+]CC3)cc2)cc1. The average Bonchev–Trinajstić information content (AvgIpc) is 2.88. The number of carbonyl (C=O) groups excluding carboxylic acids is 1. The number of rotatable bonds is 9. The summed E-state index contributed by atoms with van der Waals surface area (Å²) in [6, 6.07) is 26.9. The number of esters is 1. The van der Waals surface area contributed by atoms with Gasteiger partial charge < -0.3 is 10.1 Å². The monoisotopic (exact) mass is 442 g/mol. The van der Waals surface area contributed by atoms with Crippen molar-refractivity contribution >= 4 is 5.97 Å². The molecule has 0 aromatic heterocycles. The van der Waals surface area contributed by atoms with Gasteiger partial charge in [-0.3, -0.25) is 0 Å². The van der Waals surface area contributed by atoms with Crippen LogP contribution in [0.5, 0.6) is 0 Å². The van der Waals surface area contributed by atoms with Gasteiger partial charge >= 0.3 is 5.97 Å². The van der Waals surface area contributed by atoms with Gasteiger partial charge in [-0.25, -0.2) is 4.79 Å². The number of hydrogen-bond acceptors (Lipinski definition) is 2. The lowest BCUT2D eigenvalue weighted by atomic mass is 9.84. The van der Waals surface area contributed by atoms with Crippen LogP contribution in [-0.4, -0.2) is 19.1 Å². The van der Waals surface area contributed by atoms with Crippen molar-refractivity contribution in [1.82, 2.24) is 0 Å². The van der Waals surface area contributed by atoms with E-state index < -0.39 is 5.60 Å². The van der Waals surface area contributed by atoms with E-state index in [2.05, 4.69) is 48.6 Å². The minimum Gasteiger partial charge on any atom is -0.450 e. The summed E-state index contributed by atoms with van der Waals surface area (Å²) in [5.41, 5.74) is 4.86. The fourth-order valence-electron chi connectivity index (χ4n) is 4.79. The summed E-state index contributed by atoms with van der Waals surface area (Å²) in [7, 11) is 0. The molecule has 0 atom stereocenters. The van der Waals surface area contributed by atoms with Crippen molar-refractivity contribution in [2.45, 2.75) is 57.5 Å². The predicted octanol–water partition coefficient (Wildman–Crippen LogP) is 5.89. The van der Waals surface area contributed by atoms with Gasteiger partial charge in [0.1, 0.15) is 5.60 Å². The van der Waals surface area contributed by atoms with Gasteiger partial charge in [0.15, 0.2) is 0 Å². The molecule has 3 heteroatoms. The topological polar surface area (TPSA) is 42.9 Å². The van der Waals surface area contributed by atoms with E-state index in [0.29, 0.717) is 5.56 Å². The van der Waals surface area contributed by atoms with Crippen molar-refractivity contribution in [3.05, 3.63) is 95.6 Å². The molecule has 0 saturated carbocycles. The number of aryl methyl sites for hydroxylation is 1. The Morgan fingerprint density at radius 1 is 0.818 bits per heavy atom. The molecule has 1 aliphatic heterocycles. The molecular weight excluding hydrogens is 406 g/mol. The molecule has 0 bridgehead atoms. The molecule has 3 nitrogen and oxygen atoms in total. The molecule has 0 unspecified atom stereocenters. The van der Waals surface area contributed by atoms with Gasteiger partial charge in [0.05, 0.1) is 18.7 Å². The smallest absolute Gasteiger partial charge is 0.339 e. The molecule has 172 valence electrons. The molecule has 0 radical (unpaired) electrons. The van der Waals surface area contributed by atoms with Crippen LogP contribution in [0.3, 0.4) is 0 Å². The van der Waals surface area contributed by atoms with Gasteiger partial charge in [-0.15, -0.1) is 0 Å². The molecular formula is C30H36NO2+. The van der Waals surface area contributed by atoms with Crippen LogP contribution in [0, 0.1) is 0 Å². The van der Waals surface area contributed by atoms with Crippen LogP contribution in [0.2, 0.25) is 0 Å².